The largest absolute Gasteiger partial charge is 0.449 e. The van der Waals surface area contributed by atoms with Gasteiger partial charge < -0.3 is 10.1 Å². The summed E-state index contributed by atoms with van der Waals surface area (Å²) < 4.78 is 28.1. The highest BCUT2D eigenvalue weighted by Gasteiger charge is 2.28. The maximum Gasteiger partial charge on any atom is 0.340 e. The van der Waals surface area contributed by atoms with Crippen molar-refractivity contribution in [3.63, 3.8) is 0 Å². The van der Waals surface area contributed by atoms with Crippen LogP contribution in [0.3, 0.4) is 0 Å². The number of nitrogens with one attached hydrogen (secondary N) is 1. The van der Waals surface area contributed by atoms with Crippen molar-refractivity contribution < 1.29 is 22.7 Å². The van der Waals surface area contributed by atoms with E-state index in [4.69, 9.17) is 9.88 Å². The van der Waals surface area contributed by atoms with Gasteiger partial charge in [-0.2, -0.15) is 0 Å². The molecule has 1 aromatic rings. The minimum atomic E-state index is -3.94. The molecular formula is C13H15BrN2O5S. The molecule has 2 rings (SSSR count). The average molecular weight is 391 g/mol. The average Bonchev–Trinajstić information content (AvgIpc) is 3.21. The first-order chi connectivity index (χ1) is 10.2. The van der Waals surface area contributed by atoms with E-state index < -0.39 is 22.1 Å². The second-order valence-corrected chi connectivity index (χ2v) is 7.43. The van der Waals surface area contributed by atoms with Crippen molar-refractivity contribution in [1.29, 1.82) is 0 Å². The fourth-order valence-corrected chi connectivity index (χ4v) is 2.61. The van der Waals surface area contributed by atoms with Gasteiger partial charge in [-0.15, -0.1) is 0 Å². The summed E-state index contributed by atoms with van der Waals surface area (Å²) in [6.07, 6.45) is 0.876. The van der Waals surface area contributed by atoms with Crippen LogP contribution in [0.2, 0.25) is 0 Å². The first kappa shape index (κ1) is 16.9. The minimum absolute atomic E-state index is 0.0161. The van der Waals surface area contributed by atoms with Gasteiger partial charge in [0.05, 0.1) is 10.5 Å². The van der Waals surface area contributed by atoms with E-state index in [9.17, 15) is 18.0 Å². The Bertz CT molecular complexity index is 715. The van der Waals surface area contributed by atoms with E-state index in [-0.39, 0.29) is 22.4 Å². The Morgan fingerprint density at radius 1 is 1.41 bits per heavy atom. The van der Waals surface area contributed by atoms with Crippen LogP contribution in [-0.2, 0) is 19.6 Å². The topological polar surface area (TPSA) is 116 Å². The number of carbonyl (C=O) groups is 2. The van der Waals surface area contributed by atoms with E-state index in [2.05, 4.69) is 21.2 Å². The molecule has 1 saturated carbocycles. The lowest BCUT2D eigenvalue weighted by Gasteiger charge is -2.14. The second-order valence-electron chi connectivity index (χ2n) is 5.02. The SMILES string of the molecule is C[C@@H](OC(=O)c1cc(S(N)(=O)=O)ccc1Br)C(=O)NC1CC1. The first-order valence-corrected chi connectivity index (χ1v) is 8.86. The number of amides is 1. The molecule has 0 heterocycles. The number of hydrogen-bond donors (Lipinski definition) is 2. The third-order valence-corrected chi connectivity index (χ3v) is 4.67. The molecule has 7 nitrogen and oxygen atoms in total. The molecule has 9 heteroatoms. The van der Waals surface area contributed by atoms with Crippen molar-refractivity contribution in [1.82, 2.24) is 5.32 Å². The summed E-state index contributed by atoms with van der Waals surface area (Å²) in [7, 11) is -3.94. The Kier molecular flexibility index (Phi) is 4.88. The summed E-state index contributed by atoms with van der Waals surface area (Å²) in [5.41, 5.74) is -0.0161. The van der Waals surface area contributed by atoms with Crippen molar-refractivity contribution in [2.75, 3.05) is 0 Å². The molecule has 0 radical (unpaired) electrons. The summed E-state index contributed by atoms with van der Waals surface area (Å²) in [6.45, 7) is 1.45. The second kappa shape index (κ2) is 6.35. The zero-order valence-corrected chi connectivity index (χ0v) is 14.1. The summed E-state index contributed by atoms with van der Waals surface area (Å²) in [5.74, 6) is -1.19. The first-order valence-electron chi connectivity index (χ1n) is 6.52. The molecule has 0 unspecified atom stereocenters. The number of ether oxygens (including phenoxy) is 1. The summed E-state index contributed by atoms with van der Waals surface area (Å²) in [6, 6.07) is 3.91. The molecule has 120 valence electrons. The quantitative estimate of drug-likeness (QED) is 0.725. The van der Waals surface area contributed by atoms with E-state index in [0.717, 1.165) is 18.9 Å². The van der Waals surface area contributed by atoms with Crippen LogP contribution in [0.1, 0.15) is 30.1 Å². The van der Waals surface area contributed by atoms with Gasteiger partial charge in [-0.1, -0.05) is 0 Å². The molecule has 0 aliphatic heterocycles. The Morgan fingerprint density at radius 3 is 2.59 bits per heavy atom. The fourth-order valence-electron chi connectivity index (χ4n) is 1.66. The van der Waals surface area contributed by atoms with Crippen LogP contribution in [-0.4, -0.2) is 32.4 Å². The molecule has 0 saturated heterocycles. The molecular weight excluding hydrogens is 376 g/mol. The highest BCUT2D eigenvalue weighted by Crippen LogP contribution is 2.22. The van der Waals surface area contributed by atoms with Crippen molar-refractivity contribution >= 4 is 37.8 Å². The molecule has 0 spiro atoms. The predicted molar refractivity (Wildman–Crippen MR) is 81.6 cm³/mol. The Labute approximate surface area is 136 Å². The number of halogens is 1. The third-order valence-electron chi connectivity index (χ3n) is 3.06. The van der Waals surface area contributed by atoms with Gasteiger partial charge in [0.2, 0.25) is 10.0 Å². The number of primary sulfonamides is 1. The van der Waals surface area contributed by atoms with E-state index in [1.165, 1.54) is 19.1 Å². The van der Waals surface area contributed by atoms with Gasteiger partial charge >= 0.3 is 5.97 Å². The maximum absolute atomic E-state index is 12.1. The Morgan fingerprint density at radius 2 is 2.05 bits per heavy atom. The number of esters is 1. The molecule has 22 heavy (non-hydrogen) atoms. The molecule has 1 aliphatic carbocycles. The van der Waals surface area contributed by atoms with Crippen LogP contribution >= 0.6 is 15.9 Å². The smallest absolute Gasteiger partial charge is 0.340 e. The summed E-state index contributed by atoms with van der Waals surface area (Å²) in [4.78, 5) is 23.6. The molecule has 1 aliphatic rings. The maximum atomic E-state index is 12.1. The van der Waals surface area contributed by atoms with Crippen LogP contribution < -0.4 is 10.5 Å². The standard InChI is InChI=1S/C13H15BrN2O5S/c1-7(12(17)16-8-2-3-8)21-13(18)10-6-9(22(15,19)20)4-5-11(10)14/h4-8H,2-3H2,1H3,(H,16,17)(H2,15,19,20)/t7-/m1/s1. The van der Waals surface area contributed by atoms with E-state index in [0.29, 0.717) is 4.47 Å². The molecule has 1 fully saturated rings. The molecule has 1 amide bonds. The minimum Gasteiger partial charge on any atom is -0.449 e. The molecule has 0 aromatic heterocycles. The van der Waals surface area contributed by atoms with Crippen molar-refractivity contribution in [2.24, 2.45) is 5.14 Å². The molecule has 1 aromatic carbocycles. The number of carbonyl (C=O) groups excluding carboxylic acids is 2. The van der Waals surface area contributed by atoms with Crippen LogP contribution in [0.25, 0.3) is 0 Å². The zero-order valence-electron chi connectivity index (χ0n) is 11.7. The van der Waals surface area contributed by atoms with Crippen molar-refractivity contribution in [3.8, 4) is 0 Å². The number of hydrogen-bond acceptors (Lipinski definition) is 5. The normalized spacial score (nSPS) is 16.0. The van der Waals surface area contributed by atoms with Gasteiger partial charge in [-0.25, -0.2) is 18.4 Å². The van der Waals surface area contributed by atoms with Gasteiger partial charge in [0.1, 0.15) is 0 Å². The highest BCUT2D eigenvalue weighted by atomic mass is 79.9. The van der Waals surface area contributed by atoms with Crippen LogP contribution in [0, 0.1) is 0 Å². The van der Waals surface area contributed by atoms with Gasteiger partial charge in [-0.05, 0) is 53.9 Å². The number of sulfonamides is 1. The third kappa shape index (κ3) is 4.28. The fraction of sp³-hybridized carbons (Fsp3) is 0.385. The lowest BCUT2D eigenvalue weighted by atomic mass is 10.2. The van der Waals surface area contributed by atoms with E-state index in [1.54, 1.807) is 0 Å². The van der Waals surface area contributed by atoms with Gasteiger partial charge in [0.25, 0.3) is 5.91 Å². The van der Waals surface area contributed by atoms with Gasteiger partial charge in [0.15, 0.2) is 6.10 Å². The Hall–Kier alpha value is -1.45. The van der Waals surface area contributed by atoms with Crippen LogP contribution in [0.15, 0.2) is 27.6 Å². The van der Waals surface area contributed by atoms with Crippen LogP contribution in [0.4, 0.5) is 0 Å². The number of benzene rings is 1. The van der Waals surface area contributed by atoms with Crippen molar-refractivity contribution in [2.45, 2.75) is 36.8 Å². The van der Waals surface area contributed by atoms with E-state index >= 15 is 0 Å². The number of nitrogens with two attached hydrogens (primary N) is 1. The van der Waals surface area contributed by atoms with Crippen molar-refractivity contribution in [3.05, 3.63) is 28.2 Å². The van der Waals surface area contributed by atoms with Gasteiger partial charge in [-0.3, -0.25) is 4.79 Å². The molecule has 3 N–H and O–H groups in total. The highest BCUT2D eigenvalue weighted by molar-refractivity contribution is 9.10. The zero-order chi connectivity index (χ0) is 16.5. The molecule has 0 bridgehead atoms. The molecule has 1 atom stereocenters. The number of rotatable bonds is 5. The van der Waals surface area contributed by atoms with Crippen LogP contribution in [0.5, 0.6) is 0 Å². The predicted octanol–water partition coefficient (Wildman–Crippen LogP) is 0.920. The van der Waals surface area contributed by atoms with Gasteiger partial charge in [0, 0.05) is 10.5 Å². The Balaban J connectivity index is 2.12. The lowest BCUT2D eigenvalue weighted by molar-refractivity contribution is -0.129. The lowest BCUT2D eigenvalue weighted by Crippen LogP contribution is -2.37. The monoisotopic (exact) mass is 390 g/mol. The van der Waals surface area contributed by atoms with E-state index in [1.807, 2.05) is 0 Å². The summed E-state index contributed by atoms with van der Waals surface area (Å²) >= 11 is 3.14. The summed E-state index contributed by atoms with van der Waals surface area (Å²) in [5, 5.41) is 7.74.